The summed E-state index contributed by atoms with van der Waals surface area (Å²) in [6.45, 7) is 4.67. The number of hydrogen-bond donors (Lipinski definition) is 2. The molecule has 4 rings (SSSR count). The molecular weight excluding hydrogens is 473 g/mol. The van der Waals surface area contributed by atoms with Crippen molar-refractivity contribution in [3.8, 4) is 22.3 Å². The maximum Gasteiger partial charge on any atom is 0.412 e. The third-order valence-electron chi connectivity index (χ3n) is 5.66. The van der Waals surface area contributed by atoms with Crippen molar-refractivity contribution < 1.29 is 18.7 Å². The molecule has 9 heteroatoms. The molecule has 0 aliphatic carbocycles. The van der Waals surface area contributed by atoms with E-state index in [9.17, 15) is 14.0 Å². The Bertz CT molecular complexity index is 1470. The third-order valence-corrected chi connectivity index (χ3v) is 5.66. The van der Waals surface area contributed by atoms with E-state index in [1.807, 2.05) is 43.3 Å². The highest BCUT2D eigenvalue weighted by Gasteiger charge is 2.22. The number of alkyl halides is 1. The van der Waals surface area contributed by atoms with Gasteiger partial charge in [0, 0.05) is 29.2 Å². The zero-order valence-electron chi connectivity index (χ0n) is 20.9. The summed E-state index contributed by atoms with van der Waals surface area (Å²) in [6.07, 6.45) is 4.00. The summed E-state index contributed by atoms with van der Waals surface area (Å²) in [6, 6.07) is 16.2. The van der Waals surface area contributed by atoms with Gasteiger partial charge in [0.05, 0.1) is 24.7 Å². The summed E-state index contributed by atoms with van der Waals surface area (Å²) in [5.74, 6) is -0.0200. The van der Waals surface area contributed by atoms with Crippen LogP contribution in [0.3, 0.4) is 0 Å². The number of carbonyl (C=O) groups excluding carboxylic acids is 2. The average Bonchev–Trinajstić information content (AvgIpc) is 2.89. The molecule has 1 aromatic carbocycles. The molecule has 8 nitrogen and oxygen atoms in total. The van der Waals surface area contributed by atoms with Crippen LogP contribution in [0.15, 0.2) is 73.2 Å². The molecule has 3 aromatic heterocycles. The molecule has 0 radical (unpaired) electrons. The summed E-state index contributed by atoms with van der Waals surface area (Å²) in [5, 5.41) is 5.40. The maximum atomic E-state index is 14.3. The minimum absolute atomic E-state index is 0.181. The van der Waals surface area contributed by atoms with Crippen LogP contribution in [0.5, 0.6) is 0 Å². The Balaban J connectivity index is 1.60. The minimum Gasteiger partial charge on any atom is -0.453 e. The van der Waals surface area contributed by atoms with Crippen LogP contribution in [0, 0.1) is 6.92 Å². The number of hydrogen-bond acceptors (Lipinski definition) is 6. The zero-order valence-corrected chi connectivity index (χ0v) is 20.9. The number of aromatic nitrogens is 3. The second-order valence-corrected chi connectivity index (χ2v) is 8.84. The van der Waals surface area contributed by atoms with Gasteiger partial charge in [-0.3, -0.25) is 20.1 Å². The fourth-order valence-electron chi connectivity index (χ4n) is 3.69. The van der Waals surface area contributed by atoms with Crippen molar-refractivity contribution in [2.45, 2.75) is 26.4 Å². The van der Waals surface area contributed by atoms with E-state index in [1.165, 1.54) is 39.3 Å². The monoisotopic (exact) mass is 499 g/mol. The average molecular weight is 500 g/mol. The summed E-state index contributed by atoms with van der Waals surface area (Å²) in [7, 11) is 1.29. The van der Waals surface area contributed by atoms with Crippen LogP contribution in [-0.2, 0) is 10.4 Å². The number of amides is 2. The standard InChI is InChI=1S/C28H26FN5O3/c1-17-23(15-22(16-32-17)33-26(35)21-9-10-30-24(13-21)28(2,3)29)20-7-5-6-18(12-20)19-8-11-31-25(14-19)34-27(36)37-4/h5-16H,1-4H3,(H,33,35)(H,31,34,36). The number of halogens is 1. The van der Waals surface area contributed by atoms with Crippen LogP contribution in [-0.4, -0.2) is 34.1 Å². The zero-order chi connectivity index (χ0) is 26.6. The molecule has 2 amide bonds. The van der Waals surface area contributed by atoms with Gasteiger partial charge in [-0.05, 0) is 73.9 Å². The van der Waals surface area contributed by atoms with Crippen molar-refractivity contribution in [2.75, 3.05) is 17.7 Å². The van der Waals surface area contributed by atoms with E-state index in [4.69, 9.17) is 0 Å². The molecule has 188 valence electrons. The highest BCUT2D eigenvalue weighted by molar-refractivity contribution is 6.04. The van der Waals surface area contributed by atoms with Crippen LogP contribution in [0.2, 0.25) is 0 Å². The van der Waals surface area contributed by atoms with Gasteiger partial charge in [-0.25, -0.2) is 14.2 Å². The number of methoxy groups -OCH3 is 1. The first-order valence-electron chi connectivity index (χ1n) is 11.5. The van der Waals surface area contributed by atoms with Gasteiger partial charge in [0.2, 0.25) is 0 Å². The van der Waals surface area contributed by atoms with Gasteiger partial charge in [-0.2, -0.15) is 0 Å². The highest BCUT2D eigenvalue weighted by atomic mass is 19.1. The van der Waals surface area contributed by atoms with Gasteiger partial charge in [-0.15, -0.1) is 0 Å². The first-order chi connectivity index (χ1) is 17.6. The predicted molar refractivity (Wildman–Crippen MR) is 140 cm³/mol. The number of carbonyl (C=O) groups is 2. The number of nitrogens with zero attached hydrogens (tertiary/aromatic N) is 3. The lowest BCUT2D eigenvalue weighted by molar-refractivity contribution is 0.102. The van der Waals surface area contributed by atoms with Gasteiger partial charge >= 0.3 is 6.09 Å². The number of pyridine rings is 3. The van der Waals surface area contributed by atoms with Crippen molar-refractivity contribution >= 4 is 23.5 Å². The van der Waals surface area contributed by atoms with Crippen molar-refractivity contribution in [1.29, 1.82) is 0 Å². The Morgan fingerprint density at radius 1 is 0.892 bits per heavy atom. The topological polar surface area (TPSA) is 106 Å². The fourth-order valence-corrected chi connectivity index (χ4v) is 3.69. The van der Waals surface area contributed by atoms with Gasteiger partial charge in [0.1, 0.15) is 11.5 Å². The van der Waals surface area contributed by atoms with Crippen LogP contribution in [0.25, 0.3) is 22.3 Å². The Morgan fingerprint density at radius 3 is 2.38 bits per heavy atom. The molecule has 3 heterocycles. The molecule has 0 spiro atoms. The van der Waals surface area contributed by atoms with Crippen LogP contribution in [0.1, 0.15) is 35.6 Å². The summed E-state index contributed by atoms with van der Waals surface area (Å²) < 4.78 is 18.9. The highest BCUT2D eigenvalue weighted by Crippen LogP contribution is 2.30. The molecule has 0 aliphatic rings. The van der Waals surface area contributed by atoms with Crippen molar-refractivity contribution in [2.24, 2.45) is 0 Å². The Kier molecular flexibility index (Phi) is 7.24. The van der Waals surface area contributed by atoms with Crippen molar-refractivity contribution in [3.05, 3.63) is 90.1 Å². The van der Waals surface area contributed by atoms with E-state index >= 15 is 0 Å². The van der Waals surface area contributed by atoms with Crippen LogP contribution in [0.4, 0.5) is 20.7 Å². The minimum atomic E-state index is -1.66. The molecule has 4 aromatic rings. The molecular formula is C28H26FN5O3. The Hall–Kier alpha value is -4.66. The van der Waals surface area contributed by atoms with E-state index in [0.717, 1.165) is 27.9 Å². The SMILES string of the molecule is COC(=O)Nc1cc(-c2cccc(-c3cc(NC(=O)c4ccnc(C(C)(C)F)c4)cnc3C)c2)ccn1. The number of aryl methyl sites for hydroxylation is 1. The number of rotatable bonds is 6. The molecule has 37 heavy (non-hydrogen) atoms. The van der Waals surface area contributed by atoms with Gasteiger partial charge in [0.25, 0.3) is 5.91 Å². The molecule has 0 aliphatic heterocycles. The van der Waals surface area contributed by atoms with Crippen LogP contribution >= 0.6 is 0 Å². The maximum absolute atomic E-state index is 14.3. The summed E-state index contributed by atoms with van der Waals surface area (Å²) in [4.78, 5) is 37.0. The lowest BCUT2D eigenvalue weighted by Crippen LogP contribution is -2.16. The number of ether oxygens (including phenoxy) is 1. The molecule has 0 saturated heterocycles. The lowest BCUT2D eigenvalue weighted by atomic mass is 9.98. The summed E-state index contributed by atoms with van der Waals surface area (Å²) in [5.41, 5.74) is 3.58. The fraction of sp³-hybridized carbons (Fsp3) is 0.179. The Labute approximate surface area is 214 Å². The normalized spacial score (nSPS) is 11.1. The first-order valence-corrected chi connectivity index (χ1v) is 11.5. The van der Waals surface area contributed by atoms with Gasteiger partial charge < -0.3 is 10.1 Å². The molecule has 0 saturated carbocycles. The van der Waals surface area contributed by atoms with E-state index < -0.39 is 11.8 Å². The van der Waals surface area contributed by atoms with Gasteiger partial charge in [-0.1, -0.05) is 18.2 Å². The lowest BCUT2D eigenvalue weighted by Gasteiger charge is -2.14. The second kappa shape index (κ2) is 10.5. The van der Waals surface area contributed by atoms with Gasteiger partial charge in [0.15, 0.2) is 0 Å². The second-order valence-electron chi connectivity index (χ2n) is 8.84. The molecule has 0 bridgehead atoms. The molecule has 0 unspecified atom stereocenters. The van der Waals surface area contributed by atoms with Crippen LogP contribution < -0.4 is 10.6 Å². The first kappa shape index (κ1) is 25.4. The van der Waals surface area contributed by atoms with E-state index in [2.05, 4.69) is 30.3 Å². The van der Waals surface area contributed by atoms with E-state index in [1.54, 1.807) is 18.5 Å². The largest absolute Gasteiger partial charge is 0.453 e. The van der Waals surface area contributed by atoms with Crippen molar-refractivity contribution in [1.82, 2.24) is 15.0 Å². The quantitative estimate of drug-likeness (QED) is 0.330. The molecule has 0 fully saturated rings. The van der Waals surface area contributed by atoms with E-state index in [0.29, 0.717) is 17.1 Å². The molecule has 0 atom stereocenters. The smallest absolute Gasteiger partial charge is 0.412 e. The summed E-state index contributed by atoms with van der Waals surface area (Å²) >= 11 is 0. The number of anilines is 2. The number of nitrogens with one attached hydrogen (secondary N) is 2. The third kappa shape index (κ3) is 6.13. The Morgan fingerprint density at radius 2 is 1.62 bits per heavy atom. The predicted octanol–water partition coefficient (Wildman–Crippen LogP) is 6.15. The number of benzene rings is 1. The molecule has 2 N–H and O–H groups in total. The van der Waals surface area contributed by atoms with E-state index in [-0.39, 0.29) is 11.6 Å². The van der Waals surface area contributed by atoms with Crippen molar-refractivity contribution in [3.63, 3.8) is 0 Å².